The number of hydrogen-bond acceptors (Lipinski definition) is 4. The molecule has 0 aliphatic rings. The van der Waals surface area contributed by atoms with E-state index in [0.717, 1.165) is 5.69 Å². The summed E-state index contributed by atoms with van der Waals surface area (Å²) in [5, 5.41) is 7.89. The van der Waals surface area contributed by atoms with E-state index in [-0.39, 0.29) is 0 Å². The lowest BCUT2D eigenvalue weighted by atomic mass is 9.95. The summed E-state index contributed by atoms with van der Waals surface area (Å²) in [4.78, 5) is 10.3. The first-order valence-electron chi connectivity index (χ1n) is 6.52. The Balaban J connectivity index is 0.000000677. The van der Waals surface area contributed by atoms with Crippen LogP contribution in [0.4, 0.5) is 11.4 Å². The zero-order valence-electron chi connectivity index (χ0n) is 12.8. The smallest absolute Gasteiger partial charge is 0.152 e. The SMILES string of the molecule is Cc1c(-c2ccc(N)cc2)ccc(N(C)C)c1C.O=NO. The van der Waals surface area contributed by atoms with Crippen LogP contribution in [0, 0.1) is 18.8 Å². The van der Waals surface area contributed by atoms with E-state index in [4.69, 9.17) is 15.8 Å². The number of nitrogens with two attached hydrogens (primary N) is 1. The van der Waals surface area contributed by atoms with E-state index < -0.39 is 0 Å². The van der Waals surface area contributed by atoms with Gasteiger partial charge in [0.05, 0.1) is 0 Å². The van der Waals surface area contributed by atoms with E-state index in [2.05, 4.69) is 57.1 Å². The van der Waals surface area contributed by atoms with Gasteiger partial charge in [0, 0.05) is 25.5 Å². The molecule has 2 rings (SSSR count). The molecule has 0 saturated carbocycles. The fourth-order valence-electron chi connectivity index (χ4n) is 2.27. The number of anilines is 2. The van der Waals surface area contributed by atoms with E-state index in [9.17, 15) is 0 Å². The van der Waals surface area contributed by atoms with Gasteiger partial charge in [0.15, 0.2) is 5.34 Å². The topological polar surface area (TPSA) is 78.9 Å². The number of nitrogens with zero attached hydrogens (tertiary/aromatic N) is 2. The van der Waals surface area contributed by atoms with Crippen molar-refractivity contribution in [3.8, 4) is 11.1 Å². The molecule has 0 amide bonds. The van der Waals surface area contributed by atoms with Crippen molar-refractivity contribution in [2.24, 2.45) is 5.34 Å². The monoisotopic (exact) mass is 287 g/mol. The van der Waals surface area contributed by atoms with Crippen LogP contribution in [0.15, 0.2) is 41.7 Å². The number of benzene rings is 2. The normalized spacial score (nSPS) is 9.52. The highest BCUT2D eigenvalue weighted by Gasteiger charge is 2.09. The Morgan fingerprint density at radius 3 is 2.00 bits per heavy atom. The van der Waals surface area contributed by atoms with E-state index in [1.807, 2.05) is 12.1 Å². The average Bonchev–Trinajstić information content (AvgIpc) is 2.43. The van der Waals surface area contributed by atoms with Crippen molar-refractivity contribution >= 4 is 11.4 Å². The molecule has 0 fully saturated rings. The minimum absolute atomic E-state index is 0.804. The molecule has 0 aliphatic carbocycles. The van der Waals surface area contributed by atoms with Crippen LogP contribution in [0.1, 0.15) is 11.1 Å². The lowest BCUT2D eigenvalue weighted by molar-refractivity contribution is 0.312. The highest BCUT2D eigenvalue weighted by Crippen LogP contribution is 2.31. The van der Waals surface area contributed by atoms with E-state index in [1.165, 1.54) is 33.3 Å². The van der Waals surface area contributed by atoms with E-state index in [1.54, 1.807) is 0 Å². The molecule has 0 aromatic heterocycles. The molecule has 0 unspecified atom stereocenters. The Labute approximate surface area is 124 Å². The number of hydrogen-bond donors (Lipinski definition) is 2. The second kappa shape index (κ2) is 7.28. The van der Waals surface area contributed by atoms with Gasteiger partial charge in [-0.1, -0.05) is 18.2 Å². The van der Waals surface area contributed by atoms with Crippen LogP contribution >= 0.6 is 0 Å². The van der Waals surface area contributed by atoms with E-state index >= 15 is 0 Å². The molecule has 0 saturated heterocycles. The summed E-state index contributed by atoms with van der Waals surface area (Å²) in [6.07, 6.45) is 0. The van der Waals surface area contributed by atoms with Crippen LogP contribution in [-0.2, 0) is 0 Å². The quantitative estimate of drug-likeness (QED) is 0.501. The summed E-state index contributed by atoms with van der Waals surface area (Å²) in [6.45, 7) is 4.35. The Kier molecular flexibility index (Phi) is 5.72. The Bertz CT molecular complexity index is 608. The number of nitrogen functional groups attached to an aromatic ring is 1. The van der Waals surface area contributed by atoms with Crippen LogP contribution < -0.4 is 10.6 Å². The maximum absolute atomic E-state index is 8.11. The molecular formula is C16H21N3O2. The molecule has 0 spiro atoms. The molecule has 2 aromatic rings. The molecule has 2 aromatic carbocycles. The molecule has 0 bridgehead atoms. The third kappa shape index (κ3) is 3.95. The molecule has 0 radical (unpaired) electrons. The van der Waals surface area contributed by atoms with Crippen LogP contribution in [0.2, 0.25) is 0 Å². The zero-order valence-corrected chi connectivity index (χ0v) is 12.8. The highest BCUT2D eigenvalue weighted by atomic mass is 16.6. The van der Waals surface area contributed by atoms with Gasteiger partial charge in [-0.15, -0.1) is 4.91 Å². The lowest BCUT2D eigenvalue weighted by Crippen LogP contribution is -2.11. The van der Waals surface area contributed by atoms with Gasteiger partial charge in [0.1, 0.15) is 0 Å². The van der Waals surface area contributed by atoms with Crippen LogP contribution in [0.3, 0.4) is 0 Å². The molecule has 0 aliphatic heterocycles. The summed E-state index contributed by atoms with van der Waals surface area (Å²) in [5.41, 5.74) is 13.0. The predicted molar refractivity (Wildman–Crippen MR) is 87.7 cm³/mol. The Hall–Kier alpha value is -2.56. The molecule has 0 heterocycles. The van der Waals surface area contributed by atoms with Crippen LogP contribution in [-0.4, -0.2) is 19.3 Å². The van der Waals surface area contributed by atoms with Crippen molar-refractivity contribution in [1.82, 2.24) is 0 Å². The van der Waals surface area contributed by atoms with Crippen molar-refractivity contribution in [3.05, 3.63) is 52.4 Å². The van der Waals surface area contributed by atoms with Crippen LogP contribution in [0.25, 0.3) is 11.1 Å². The molecule has 0 atom stereocenters. The first-order chi connectivity index (χ1) is 9.92. The number of rotatable bonds is 2. The van der Waals surface area contributed by atoms with Gasteiger partial charge in [-0.2, -0.15) is 0 Å². The van der Waals surface area contributed by atoms with Crippen molar-refractivity contribution in [1.29, 1.82) is 0 Å². The second-order valence-electron chi connectivity index (χ2n) is 4.98. The lowest BCUT2D eigenvalue weighted by Gasteiger charge is -2.19. The molecule has 21 heavy (non-hydrogen) atoms. The molecule has 112 valence electrons. The third-order valence-corrected chi connectivity index (χ3v) is 3.46. The highest BCUT2D eigenvalue weighted by molar-refractivity contribution is 5.74. The minimum Gasteiger partial charge on any atom is -0.399 e. The summed E-state index contributed by atoms with van der Waals surface area (Å²) in [7, 11) is 4.15. The fourth-order valence-corrected chi connectivity index (χ4v) is 2.27. The van der Waals surface area contributed by atoms with Gasteiger partial charge in [0.2, 0.25) is 0 Å². The maximum atomic E-state index is 8.11. The van der Waals surface area contributed by atoms with Crippen molar-refractivity contribution in [3.63, 3.8) is 0 Å². The summed E-state index contributed by atoms with van der Waals surface area (Å²) in [6, 6.07) is 12.4. The van der Waals surface area contributed by atoms with Crippen molar-refractivity contribution < 1.29 is 5.21 Å². The van der Waals surface area contributed by atoms with Crippen molar-refractivity contribution in [2.45, 2.75) is 13.8 Å². The largest absolute Gasteiger partial charge is 0.399 e. The Morgan fingerprint density at radius 1 is 1.00 bits per heavy atom. The van der Waals surface area contributed by atoms with Gasteiger partial charge in [-0.3, -0.25) is 0 Å². The minimum atomic E-state index is 0.804. The average molecular weight is 287 g/mol. The first-order valence-corrected chi connectivity index (χ1v) is 6.52. The van der Waals surface area contributed by atoms with E-state index in [0.29, 0.717) is 0 Å². The van der Waals surface area contributed by atoms with Gasteiger partial charge in [-0.25, -0.2) is 0 Å². The molecule has 5 nitrogen and oxygen atoms in total. The summed E-state index contributed by atoms with van der Waals surface area (Å²) >= 11 is 0. The second-order valence-corrected chi connectivity index (χ2v) is 4.98. The van der Waals surface area contributed by atoms with Gasteiger partial charge in [0.25, 0.3) is 0 Å². The van der Waals surface area contributed by atoms with Gasteiger partial charge < -0.3 is 15.8 Å². The Morgan fingerprint density at radius 2 is 1.52 bits per heavy atom. The van der Waals surface area contributed by atoms with Gasteiger partial charge in [-0.05, 0) is 54.3 Å². The van der Waals surface area contributed by atoms with Crippen molar-refractivity contribution in [2.75, 3.05) is 24.7 Å². The molecule has 5 heteroatoms. The third-order valence-electron chi connectivity index (χ3n) is 3.46. The molecular weight excluding hydrogens is 266 g/mol. The first kappa shape index (κ1) is 16.5. The molecule has 3 N–H and O–H groups in total. The standard InChI is InChI=1S/C16H20N2.HNO2/c1-11-12(2)16(18(3)4)10-9-15(11)13-5-7-14(17)8-6-13;2-1-3/h5-10H,17H2,1-4H3;(H,2,3). The fraction of sp³-hybridized carbons (Fsp3) is 0.250. The van der Waals surface area contributed by atoms with Gasteiger partial charge >= 0.3 is 0 Å². The summed E-state index contributed by atoms with van der Waals surface area (Å²) < 4.78 is 0. The summed E-state index contributed by atoms with van der Waals surface area (Å²) in [5.74, 6) is 0. The predicted octanol–water partition coefficient (Wildman–Crippen LogP) is 3.76. The maximum Gasteiger partial charge on any atom is 0.152 e. The van der Waals surface area contributed by atoms with Crippen LogP contribution in [0.5, 0.6) is 0 Å². The zero-order chi connectivity index (χ0) is 16.0.